The van der Waals surface area contributed by atoms with Crippen LogP contribution in [0, 0.1) is 0 Å². The number of benzene rings is 1. The van der Waals surface area contributed by atoms with E-state index in [4.69, 9.17) is 5.73 Å². The standard InChI is InChI=1S/C16H22N4O3/c1-18-16(23)14(11-6-3-2-4-7-11)19-13(21)10-20-9-5-8-12(20)15(17)22/h2-4,6-7,12,14H,5,8-10H2,1H3,(H2,17,22)(H,18,23)(H,19,21). The maximum absolute atomic E-state index is 12.3. The molecule has 0 radical (unpaired) electrons. The summed E-state index contributed by atoms with van der Waals surface area (Å²) >= 11 is 0. The van der Waals surface area contributed by atoms with Gasteiger partial charge < -0.3 is 16.4 Å². The Kier molecular flexibility index (Phi) is 5.70. The summed E-state index contributed by atoms with van der Waals surface area (Å²) in [4.78, 5) is 37.5. The van der Waals surface area contributed by atoms with Crippen LogP contribution >= 0.6 is 0 Å². The van der Waals surface area contributed by atoms with Crippen molar-refractivity contribution in [1.29, 1.82) is 0 Å². The number of amides is 3. The molecule has 1 aliphatic rings. The first-order valence-corrected chi connectivity index (χ1v) is 7.62. The molecule has 1 saturated heterocycles. The van der Waals surface area contributed by atoms with Crippen molar-refractivity contribution in [3.8, 4) is 0 Å². The molecule has 0 aromatic heterocycles. The van der Waals surface area contributed by atoms with Crippen LogP contribution in [-0.4, -0.2) is 48.8 Å². The van der Waals surface area contributed by atoms with Crippen molar-refractivity contribution >= 4 is 17.7 Å². The summed E-state index contributed by atoms with van der Waals surface area (Å²) in [6, 6.07) is 7.85. The lowest BCUT2D eigenvalue weighted by Crippen LogP contribution is -2.47. The van der Waals surface area contributed by atoms with Crippen molar-refractivity contribution < 1.29 is 14.4 Å². The molecule has 3 amide bonds. The molecule has 0 saturated carbocycles. The van der Waals surface area contributed by atoms with Crippen LogP contribution in [0.4, 0.5) is 0 Å². The Labute approximate surface area is 135 Å². The smallest absolute Gasteiger partial charge is 0.246 e. The largest absolute Gasteiger partial charge is 0.368 e. The number of primary amides is 1. The summed E-state index contributed by atoms with van der Waals surface area (Å²) in [5.41, 5.74) is 6.05. The maximum Gasteiger partial charge on any atom is 0.246 e. The maximum atomic E-state index is 12.3. The van der Waals surface area contributed by atoms with Gasteiger partial charge in [0.05, 0.1) is 12.6 Å². The SMILES string of the molecule is CNC(=O)C(NC(=O)CN1CCCC1C(N)=O)c1ccccc1. The summed E-state index contributed by atoms with van der Waals surface area (Å²) in [5, 5.41) is 5.27. The van der Waals surface area contributed by atoms with E-state index in [-0.39, 0.29) is 18.4 Å². The van der Waals surface area contributed by atoms with Gasteiger partial charge in [-0.25, -0.2) is 0 Å². The van der Waals surface area contributed by atoms with E-state index >= 15 is 0 Å². The predicted molar refractivity (Wildman–Crippen MR) is 85.2 cm³/mol. The lowest BCUT2D eigenvalue weighted by molar-refractivity contribution is -0.130. The molecule has 2 unspecified atom stereocenters. The molecular weight excluding hydrogens is 296 g/mol. The van der Waals surface area contributed by atoms with E-state index in [1.54, 1.807) is 29.2 Å². The Bertz CT molecular complexity index is 576. The van der Waals surface area contributed by atoms with Gasteiger partial charge in [0.25, 0.3) is 0 Å². The Balaban J connectivity index is 2.03. The first-order valence-electron chi connectivity index (χ1n) is 7.62. The number of carbonyl (C=O) groups is 3. The molecule has 0 aliphatic carbocycles. The Morgan fingerprint density at radius 2 is 2.00 bits per heavy atom. The number of rotatable bonds is 6. The fourth-order valence-corrected chi connectivity index (χ4v) is 2.82. The lowest BCUT2D eigenvalue weighted by atomic mass is 10.1. The van der Waals surface area contributed by atoms with Crippen LogP contribution in [0.3, 0.4) is 0 Å². The molecule has 7 nitrogen and oxygen atoms in total. The molecule has 1 aromatic carbocycles. The molecule has 2 atom stereocenters. The van der Waals surface area contributed by atoms with Crippen LogP contribution in [0.15, 0.2) is 30.3 Å². The van der Waals surface area contributed by atoms with Crippen LogP contribution < -0.4 is 16.4 Å². The van der Waals surface area contributed by atoms with E-state index in [0.717, 1.165) is 6.42 Å². The first kappa shape index (κ1) is 17.0. The number of carbonyl (C=O) groups excluding carboxylic acids is 3. The molecule has 7 heteroatoms. The second-order valence-corrected chi connectivity index (χ2v) is 5.56. The third-order valence-corrected chi connectivity index (χ3v) is 3.99. The van der Waals surface area contributed by atoms with Crippen LogP contribution in [-0.2, 0) is 14.4 Å². The fourth-order valence-electron chi connectivity index (χ4n) is 2.82. The van der Waals surface area contributed by atoms with Gasteiger partial charge in [-0.05, 0) is 24.9 Å². The normalized spacial score (nSPS) is 19.1. The van der Waals surface area contributed by atoms with E-state index < -0.39 is 18.0 Å². The zero-order chi connectivity index (χ0) is 16.8. The number of nitrogens with zero attached hydrogens (tertiary/aromatic N) is 1. The molecule has 0 bridgehead atoms. The van der Waals surface area contributed by atoms with Gasteiger partial charge in [-0.15, -0.1) is 0 Å². The van der Waals surface area contributed by atoms with E-state index in [0.29, 0.717) is 18.5 Å². The predicted octanol–water partition coefficient (Wildman–Crippen LogP) is -0.460. The zero-order valence-corrected chi connectivity index (χ0v) is 13.1. The second kappa shape index (κ2) is 7.73. The first-order chi connectivity index (χ1) is 11.0. The van der Waals surface area contributed by atoms with Gasteiger partial charge in [-0.1, -0.05) is 30.3 Å². The molecule has 1 aliphatic heterocycles. The minimum atomic E-state index is -0.761. The lowest BCUT2D eigenvalue weighted by Gasteiger charge is -2.23. The van der Waals surface area contributed by atoms with Gasteiger partial charge >= 0.3 is 0 Å². The summed E-state index contributed by atoms with van der Waals surface area (Å²) in [6.45, 7) is 0.699. The molecule has 1 aromatic rings. The Morgan fingerprint density at radius 1 is 1.30 bits per heavy atom. The highest BCUT2D eigenvalue weighted by Crippen LogP contribution is 2.17. The minimum absolute atomic E-state index is 0.0495. The summed E-state index contributed by atoms with van der Waals surface area (Å²) < 4.78 is 0. The van der Waals surface area contributed by atoms with Crippen molar-refractivity contribution in [3.63, 3.8) is 0 Å². The topological polar surface area (TPSA) is 105 Å². The highest BCUT2D eigenvalue weighted by Gasteiger charge is 2.31. The van der Waals surface area contributed by atoms with E-state index in [1.165, 1.54) is 7.05 Å². The number of nitrogens with one attached hydrogen (secondary N) is 2. The van der Waals surface area contributed by atoms with Crippen molar-refractivity contribution in [2.45, 2.75) is 24.9 Å². The second-order valence-electron chi connectivity index (χ2n) is 5.56. The highest BCUT2D eigenvalue weighted by molar-refractivity contribution is 5.89. The van der Waals surface area contributed by atoms with Crippen LogP contribution in [0.25, 0.3) is 0 Å². The number of nitrogens with two attached hydrogens (primary N) is 1. The quantitative estimate of drug-likeness (QED) is 0.660. The van der Waals surface area contributed by atoms with Gasteiger partial charge in [0.15, 0.2) is 0 Å². The number of likely N-dealkylation sites (tertiary alicyclic amines) is 1. The van der Waals surface area contributed by atoms with Crippen molar-refractivity contribution in [1.82, 2.24) is 15.5 Å². The van der Waals surface area contributed by atoms with E-state index in [9.17, 15) is 14.4 Å². The molecule has 4 N–H and O–H groups in total. The average molecular weight is 318 g/mol. The molecule has 124 valence electrons. The van der Waals surface area contributed by atoms with Crippen LogP contribution in [0.5, 0.6) is 0 Å². The molecule has 2 rings (SSSR count). The summed E-state index contributed by atoms with van der Waals surface area (Å²) in [6.07, 6.45) is 1.50. The number of likely N-dealkylation sites (N-methyl/N-ethyl adjacent to an activating group) is 1. The van der Waals surface area contributed by atoms with Gasteiger partial charge in [-0.3, -0.25) is 19.3 Å². The summed E-state index contributed by atoms with van der Waals surface area (Å²) in [7, 11) is 1.52. The van der Waals surface area contributed by atoms with Gasteiger partial charge in [-0.2, -0.15) is 0 Å². The third-order valence-electron chi connectivity index (χ3n) is 3.99. The molecular formula is C16H22N4O3. The monoisotopic (exact) mass is 318 g/mol. The van der Waals surface area contributed by atoms with Gasteiger partial charge in [0, 0.05) is 7.05 Å². The molecule has 1 heterocycles. The van der Waals surface area contributed by atoms with Crippen LogP contribution in [0.2, 0.25) is 0 Å². The zero-order valence-electron chi connectivity index (χ0n) is 13.1. The van der Waals surface area contributed by atoms with E-state index in [1.807, 2.05) is 6.07 Å². The van der Waals surface area contributed by atoms with Gasteiger partial charge in [0.2, 0.25) is 17.7 Å². The number of hydrogen-bond acceptors (Lipinski definition) is 4. The molecule has 0 spiro atoms. The Hall–Kier alpha value is -2.41. The average Bonchev–Trinajstić information content (AvgIpc) is 3.01. The van der Waals surface area contributed by atoms with Gasteiger partial charge in [0.1, 0.15) is 6.04 Å². The van der Waals surface area contributed by atoms with Crippen molar-refractivity contribution in [3.05, 3.63) is 35.9 Å². The molecule has 1 fully saturated rings. The minimum Gasteiger partial charge on any atom is -0.368 e. The molecule has 23 heavy (non-hydrogen) atoms. The fraction of sp³-hybridized carbons (Fsp3) is 0.438. The highest BCUT2D eigenvalue weighted by atomic mass is 16.2. The number of hydrogen-bond donors (Lipinski definition) is 3. The summed E-state index contributed by atoms with van der Waals surface area (Å²) in [5.74, 6) is -1.02. The third kappa shape index (κ3) is 4.29. The van der Waals surface area contributed by atoms with E-state index in [2.05, 4.69) is 10.6 Å². The van der Waals surface area contributed by atoms with Crippen LogP contribution in [0.1, 0.15) is 24.4 Å². The van der Waals surface area contributed by atoms with Crippen molar-refractivity contribution in [2.24, 2.45) is 5.73 Å². The van der Waals surface area contributed by atoms with Crippen molar-refractivity contribution in [2.75, 3.05) is 20.1 Å². The Morgan fingerprint density at radius 3 is 2.61 bits per heavy atom.